The molecule has 0 bridgehead atoms. The quantitative estimate of drug-likeness (QED) is 0.550. The highest BCUT2D eigenvalue weighted by Crippen LogP contribution is 2.23. The second kappa shape index (κ2) is 9.94. The van der Waals surface area contributed by atoms with E-state index in [0.29, 0.717) is 37.9 Å². The summed E-state index contributed by atoms with van der Waals surface area (Å²) in [7, 11) is -3.79. The van der Waals surface area contributed by atoms with Gasteiger partial charge in [0.2, 0.25) is 27.6 Å². The molecule has 4 rings (SSSR count). The van der Waals surface area contributed by atoms with Crippen LogP contribution in [0.5, 0.6) is 0 Å². The Morgan fingerprint density at radius 1 is 1.00 bits per heavy atom. The molecule has 0 radical (unpaired) electrons. The van der Waals surface area contributed by atoms with E-state index in [4.69, 9.17) is 4.52 Å². The Labute approximate surface area is 199 Å². The third kappa shape index (κ3) is 5.28. The van der Waals surface area contributed by atoms with Crippen LogP contribution < -0.4 is 9.62 Å². The van der Waals surface area contributed by atoms with E-state index in [1.807, 2.05) is 38.1 Å². The first-order valence-electron chi connectivity index (χ1n) is 11.3. The number of piperazine rings is 1. The number of hydrogen-bond acceptors (Lipinski definition) is 7. The van der Waals surface area contributed by atoms with Crippen LogP contribution in [0.25, 0.3) is 11.4 Å². The number of benzene rings is 2. The van der Waals surface area contributed by atoms with Gasteiger partial charge < -0.3 is 14.3 Å². The predicted molar refractivity (Wildman–Crippen MR) is 129 cm³/mol. The van der Waals surface area contributed by atoms with Crippen LogP contribution in [-0.2, 0) is 14.8 Å². The van der Waals surface area contributed by atoms with Crippen molar-refractivity contribution in [1.29, 1.82) is 0 Å². The van der Waals surface area contributed by atoms with Gasteiger partial charge in [0, 0.05) is 44.4 Å². The lowest BCUT2D eigenvalue weighted by Crippen LogP contribution is -2.56. The highest BCUT2D eigenvalue weighted by Gasteiger charge is 2.33. The number of hydrogen-bond donors (Lipinski definition) is 1. The fourth-order valence-corrected chi connectivity index (χ4v) is 5.28. The summed E-state index contributed by atoms with van der Waals surface area (Å²) in [6, 6.07) is 15.2. The largest absolute Gasteiger partial charge is 0.368 e. The summed E-state index contributed by atoms with van der Waals surface area (Å²) in [5.74, 6) is 0.685. The topological polar surface area (TPSA) is 109 Å². The van der Waals surface area contributed by atoms with Gasteiger partial charge in [-0.15, -0.1) is 0 Å². The maximum Gasteiger partial charge on any atom is 0.241 e. The first kappa shape index (κ1) is 23.9. The number of nitrogens with zero attached hydrogens (tertiary/aromatic N) is 4. The predicted octanol–water partition coefficient (Wildman–Crippen LogP) is 2.70. The first-order chi connectivity index (χ1) is 16.2. The van der Waals surface area contributed by atoms with Gasteiger partial charge in [0.15, 0.2) is 0 Å². The molecule has 1 N–H and O–H groups in total. The summed E-state index contributed by atoms with van der Waals surface area (Å²) in [5, 5.41) is 3.94. The van der Waals surface area contributed by atoms with E-state index in [0.717, 1.165) is 11.3 Å². The average Bonchev–Trinajstić information content (AvgIpc) is 3.29. The minimum atomic E-state index is -3.79. The van der Waals surface area contributed by atoms with E-state index in [1.54, 1.807) is 30.0 Å². The molecule has 1 amide bonds. The summed E-state index contributed by atoms with van der Waals surface area (Å²) in [4.78, 5) is 21.6. The molecule has 2 heterocycles. The molecule has 1 atom stereocenters. The van der Waals surface area contributed by atoms with E-state index in [1.165, 1.54) is 12.1 Å². The zero-order chi connectivity index (χ0) is 24.3. The van der Waals surface area contributed by atoms with Gasteiger partial charge in [-0.05, 0) is 42.3 Å². The van der Waals surface area contributed by atoms with Crippen LogP contribution in [-0.4, -0.2) is 61.6 Å². The van der Waals surface area contributed by atoms with Crippen molar-refractivity contribution >= 4 is 21.6 Å². The highest BCUT2D eigenvalue weighted by atomic mass is 32.2. The minimum Gasteiger partial charge on any atom is -0.368 e. The molecule has 0 aliphatic carbocycles. The van der Waals surface area contributed by atoms with Crippen molar-refractivity contribution in [3.05, 3.63) is 60.5 Å². The molecule has 0 saturated carbocycles. The molecule has 34 heavy (non-hydrogen) atoms. The van der Waals surface area contributed by atoms with E-state index >= 15 is 0 Å². The lowest BCUT2D eigenvalue weighted by molar-refractivity contribution is -0.134. The Balaban J connectivity index is 1.39. The van der Waals surface area contributed by atoms with Crippen molar-refractivity contribution in [3.63, 3.8) is 0 Å². The molecular formula is C24H29N5O4S. The second-order valence-electron chi connectivity index (χ2n) is 8.65. The van der Waals surface area contributed by atoms with E-state index in [9.17, 15) is 13.2 Å². The van der Waals surface area contributed by atoms with Crippen molar-refractivity contribution < 1.29 is 17.7 Å². The number of sulfonamides is 1. The number of aryl methyl sites for hydroxylation is 1. The smallest absolute Gasteiger partial charge is 0.241 e. The number of aromatic nitrogens is 2. The average molecular weight is 484 g/mol. The zero-order valence-corrected chi connectivity index (χ0v) is 20.3. The number of nitrogens with one attached hydrogen (secondary N) is 1. The monoisotopic (exact) mass is 483 g/mol. The van der Waals surface area contributed by atoms with Gasteiger partial charge in [-0.1, -0.05) is 37.2 Å². The van der Waals surface area contributed by atoms with E-state index in [2.05, 4.69) is 19.8 Å². The Kier molecular flexibility index (Phi) is 6.99. The van der Waals surface area contributed by atoms with E-state index < -0.39 is 16.1 Å². The van der Waals surface area contributed by atoms with E-state index in [-0.39, 0.29) is 16.7 Å². The third-order valence-corrected chi connectivity index (χ3v) is 7.33. The molecule has 1 unspecified atom stereocenters. The summed E-state index contributed by atoms with van der Waals surface area (Å²) < 4.78 is 33.3. The molecule has 10 heteroatoms. The molecule has 1 aliphatic rings. The van der Waals surface area contributed by atoms with Crippen LogP contribution in [0.4, 0.5) is 5.69 Å². The number of anilines is 1. The molecule has 1 fully saturated rings. The molecule has 2 aromatic carbocycles. The van der Waals surface area contributed by atoms with Crippen molar-refractivity contribution in [2.45, 2.75) is 31.7 Å². The van der Waals surface area contributed by atoms with Gasteiger partial charge in [-0.2, -0.15) is 9.71 Å². The minimum absolute atomic E-state index is 0.151. The lowest BCUT2D eigenvalue weighted by atomic mass is 10.0. The molecule has 0 spiro atoms. The molecule has 1 saturated heterocycles. The van der Waals surface area contributed by atoms with Gasteiger partial charge in [0.05, 0.1) is 4.90 Å². The lowest BCUT2D eigenvalue weighted by Gasteiger charge is -2.38. The van der Waals surface area contributed by atoms with Crippen LogP contribution in [0.2, 0.25) is 0 Å². The van der Waals surface area contributed by atoms with Crippen molar-refractivity contribution in [2.75, 3.05) is 31.1 Å². The number of rotatable bonds is 7. The number of carbonyl (C=O) groups is 1. The standard InChI is InChI=1S/C24H29N5O4S/c1-17(2)22(27-34(31,32)21-7-5-4-6-8-21)24(30)29-15-13-28(14-16-29)20-11-9-19(10-12-20)23-25-18(3)33-26-23/h4-12,17,22,27H,13-16H2,1-3H3. The van der Waals surface area contributed by atoms with Gasteiger partial charge >= 0.3 is 0 Å². The summed E-state index contributed by atoms with van der Waals surface area (Å²) in [5.41, 5.74) is 1.92. The third-order valence-electron chi connectivity index (χ3n) is 5.88. The van der Waals surface area contributed by atoms with Crippen LogP contribution in [0.1, 0.15) is 19.7 Å². The number of carbonyl (C=O) groups excluding carboxylic acids is 1. The SMILES string of the molecule is Cc1nc(-c2ccc(N3CCN(C(=O)C(NS(=O)(=O)c4ccccc4)C(C)C)CC3)cc2)no1. The highest BCUT2D eigenvalue weighted by molar-refractivity contribution is 7.89. The summed E-state index contributed by atoms with van der Waals surface area (Å²) >= 11 is 0. The Hall–Kier alpha value is -3.24. The Bertz CT molecular complexity index is 1220. The molecule has 3 aromatic rings. The van der Waals surface area contributed by atoms with Gasteiger partial charge in [0.25, 0.3) is 0 Å². The van der Waals surface area contributed by atoms with Gasteiger partial charge in [-0.3, -0.25) is 4.79 Å². The summed E-state index contributed by atoms with van der Waals surface area (Å²) in [6.07, 6.45) is 0. The first-order valence-corrected chi connectivity index (χ1v) is 12.7. The van der Waals surface area contributed by atoms with Crippen LogP contribution in [0, 0.1) is 12.8 Å². The molecule has 9 nitrogen and oxygen atoms in total. The van der Waals surface area contributed by atoms with Crippen LogP contribution >= 0.6 is 0 Å². The number of amides is 1. The van der Waals surface area contributed by atoms with Crippen molar-refractivity contribution in [2.24, 2.45) is 5.92 Å². The molecule has 1 aliphatic heterocycles. The van der Waals surface area contributed by atoms with Crippen LogP contribution in [0.3, 0.4) is 0 Å². The van der Waals surface area contributed by atoms with Crippen molar-refractivity contribution in [1.82, 2.24) is 19.8 Å². The zero-order valence-electron chi connectivity index (χ0n) is 19.5. The second-order valence-corrected chi connectivity index (χ2v) is 10.4. The fraction of sp³-hybridized carbons (Fsp3) is 0.375. The van der Waals surface area contributed by atoms with Crippen LogP contribution in [0.15, 0.2) is 64.0 Å². The molecule has 1 aromatic heterocycles. The molecule has 180 valence electrons. The molecular weight excluding hydrogens is 454 g/mol. The van der Waals surface area contributed by atoms with Gasteiger partial charge in [-0.25, -0.2) is 8.42 Å². The van der Waals surface area contributed by atoms with Crippen molar-refractivity contribution in [3.8, 4) is 11.4 Å². The normalized spacial score (nSPS) is 15.5. The maximum absolute atomic E-state index is 13.3. The maximum atomic E-state index is 13.3. The summed E-state index contributed by atoms with van der Waals surface area (Å²) in [6.45, 7) is 7.79. The van der Waals surface area contributed by atoms with Gasteiger partial charge in [0.1, 0.15) is 6.04 Å². The Morgan fingerprint density at radius 3 is 2.21 bits per heavy atom. The Morgan fingerprint density at radius 2 is 1.65 bits per heavy atom. The fourth-order valence-electron chi connectivity index (χ4n) is 3.93.